The molecule has 0 saturated carbocycles. The van der Waals surface area contributed by atoms with E-state index >= 15 is 0 Å². The monoisotopic (exact) mass is 269 g/mol. The van der Waals surface area contributed by atoms with Crippen molar-refractivity contribution in [2.24, 2.45) is 0 Å². The Morgan fingerprint density at radius 2 is 2.05 bits per heavy atom. The van der Waals surface area contributed by atoms with Crippen molar-refractivity contribution in [2.45, 2.75) is 6.92 Å². The van der Waals surface area contributed by atoms with Gasteiger partial charge in [0, 0.05) is 11.8 Å². The Kier molecular flexibility index (Phi) is 2.95. The third-order valence-electron chi connectivity index (χ3n) is 3.07. The highest BCUT2D eigenvalue weighted by atomic mass is 19.1. The normalized spacial score (nSPS) is 10.7. The Morgan fingerprint density at radius 1 is 1.20 bits per heavy atom. The summed E-state index contributed by atoms with van der Waals surface area (Å²) in [5.74, 6) is 0.351. The largest absolute Gasteiger partial charge is 0.380 e. The first-order valence-electron chi connectivity index (χ1n) is 6.10. The van der Waals surface area contributed by atoms with Crippen LogP contribution in [0.2, 0.25) is 0 Å². The fraction of sp³-hybridized carbons (Fsp3) is 0.0667. The topological polar surface area (TPSA) is 64.9 Å². The molecule has 1 aromatic carbocycles. The van der Waals surface area contributed by atoms with E-state index in [9.17, 15) is 4.39 Å². The maximum Gasteiger partial charge on any atom is 0.178 e. The minimum atomic E-state index is -0.301. The van der Waals surface area contributed by atoms with Crippen LogP contribution in [0.1, 0.15) is 5.56 Å². The Morgan fingerprint density at radius 3 is 2.75 bits per heavy atom. The van der Waals surface area contributed by atoms with Crippen LogP contribution in [0.5, 0.6) is 0 Å². The van der Waals surface area contributed by atoms with Crippen LogP contribution in [0.3, 0.4) is 0 Å². The summed E-state index contributed by atoms with van der Waals surface area (Å²) in [5, 5.41) is 3.76. The van der Waals surface area contributed by atoms with Crippen molar-refractivity contribution in [1.82, 2.24) is 10.1 Å². The lowest BCUT2D eigenvalue weighted by Crippen LogP contribution is -1.91. The molecule has 3 rings (SSSR count). The van der Waals surface area contributed by atoms with Crippen LogP contribution in [0.15, 0.2) is 47.1 Å². The average molecular weight is 269 g/mol. The summed E-state index contributed by atoms with van der Waals surface area (Å²) in [4.78, 5) is 4.23. The van der Waals surface area contributed by atoms with E-state index in [1.807, 2.05) is 6.07 Å². The number of rotatable bonds is 2. The third kappa shape index (κ3) is 2.03. The van der Waals surface area contributed by atoms with Gasteiger partial charge < -0.3 is 10.3 Å². The minimum Gasteiger partial charge on any atom is -0.380 e. The molecule has 0 bridgehead atoms. The van der Waals surface area contributed by atoms with E-state index in [4.69, 9.17) is 10.3 Å². The number of benzene rings is 1. The van der Waals surface area contributed by atoms with Crippen molar-refractivity contribution >= 4 is 5.82 Å². The highest BCUT2D eigenvalue weighted by Gasteiger charge is 2.19. The Hall–Kier alpha value is -2.69. The van der Waals surface area contributed by atoms with Gasteiger partial charge in [-0.1, -0.05) is 23.4 Å². The summed E-state index contributed by atoms with van der Waals surface area (Å²) in [6, 6.07) is 10.3. The van der Waals surface area contributed by atoms with Crippen LogP contribution in [0.4, 0.5) is 10.2 Å². The molecular weight excluding hydrogens is 257 g/mol. The molecule has 2 heterocycles. The lowest BCUT2D eigenvalue weighted by atomic mass is 10.0. The van der Waals surface area contributed by atoms with Gasteiger partial charge in [0.25, 0.3) is 0 Å². The van der Waals surface area contributed by atoms with Gasteiger partial charge in [0.15, 0.2) is 11.6 Å². The summed E-state index contributed by atoms with van der Waals surface area (Å²) < 4.78 is 18.9. The van der Waals surface area contributed by atoms with Gasteiger partial charge in [0.1, 0.15) is 5.82 Å². The number of halogens is 1. The molecule has 0 amide bonds. The molecule has 0 aliphatic carbocycles. The van der Waals surface area contributed by atoms with Gasteiger partial charge in [-0.3, -0.25) is 4.98 Å². The molecule has 2 N–H and O–H groups in total. The predicted molar refractivity (Wildman–Crippen MR) is 74.3 cm³/mol. The molecule has 0 unspecified atom stereocenters. The van der Waals surface area contributed by atoms with Gasteiger partial charge in [0.2, 0.25) is 0 Å². The molecule has 0 aliphatic heterocycles. The first-order valence-corrected chi connectivity index (χ1v) is 6.10. The fourth-order valence-corrected chi connectivity index (χ4v) is 1.99. The second-order valence-corrected chi connectivity index (χ2v) is 4.45. The van der Waals surface area contributed by atoms with Gasteiger partial charge in [-0.2, -0.15) is 0 Å². The Bertz CT molecular complexity index is 753. The van der Waals surface area contributed by atoms with Gasteiger partial charge in [-0.15, -0.1) is 0 Å². The summed E-state index contributed by atoms with van der Waals surface area (Å²) in [5.41, 5.74) is 8.21. The summed E-state index contributed by atoms with van der Waals surface area (Å²) in [6.07, 6.45) is 1.65. The smallest absolute Gasteiger partial charge is 0.178 e. The van der Waals surface area contributed by atoms with Crippen molar-refractivity contribution < 1.29 is 8.91 Å². The van der Waals surface area contributed by atoms with E-state index in [0.29, 0.717) is 28.1 Å². The fourth-order valence-electron chi connectivity index (χ4n) is 1.99. The maximum atomic E-state index is 13.7. The average Bonchev–Trinajstić information content (AvgIpc) is 2.85. The lowest BCUT2D eigenvalue weighted by Gasteiger charge is -2.03. The maximum absolute atomic E-state index is 13.7. The van der Waals surface area contributed by atoms with E-state index in [1.165, 1.54) is 6.07 Å². The Balaban J connectivity index is 2.18. The van der Waals surface area contributed by atoms with Gasteiger partial charge >= 0.3 is 0 Å². The van der Waals surface area contributed by atoms with E-state index in [0.717, 1.165) is 0 Å². The summed E-state index contributed by atoms with van der Waals surface area (Å²) in [6.45, 7) is 1.70. The van der Waals surface area contributed by atoms with Crippen LogP contribution in [-0.4, -0.2) is 10.1 Å². The third-order valence-corrected chi connectivity index (χ3v) is 3.07. The highest BCUT2D eigenvalue weighted by molar-refractivity contribution is 5.84. The molecule has 3 aromatic rings. The molecule has 4 nitrogen and oxygen atoms in total. The zero-order valence-electron chi connectivity index (χ0n) is 10.8. The molecule has 0 radical (unpaired) electrons. The van der Waals surface area contributed by atoms with Crippen LogP contribution >= 0.6 is 0 Å². The number of aryl methyl sites for hydroxylation is 1. The number of nitrogen functional groups attached to an aromatic ring is 1. The first-order chi connectivity index (χ1) is 9.66. The van der Waals surface area contributed by atoms with E-state index < -0.39 is 0 Å². The number of aromatic nitrogens is 2. The second-order valence-electron chi connectivity index (χ2n) is 4.45. The van der Waals surface area contributed by atoms with Crippen molar-refractivity contribution in [3.63, 3.8) is 0 Å². The molecule has 0 fully saturated rings. The molecule has 100 valence electrons. The quantitative estimate of drug-likeness (QED) is 0.774. The molecule has 5 heteroatoms. The number of pyridine rings is 1. The number of hydrogen-bond acceptors (Lipinski definition) is 4. The first kappa shape index (κ1) is 12.3. The van der Waals surface area contributed by atoms with Crippen molar-refractivity contribution in [2.75, 3.05) is 5.73 Å². The van der Waals surface area contributed by atoms with Crippen LogP contribution in [-0.2, 0) is 0 Å². The van der Waals surface area contributed by atoms with Crippen LogP contribution in [0, 0.1) is 12.7 Å². The highest BCUT2D eigenvalue weighted by Crippen LogP contribution is 2.35. The minimum absolute atomic E-state index is 0.236. The lowest BCUT2D eigenvalue weighted by molar-refractivity contribution is 0.435. The molecule has 0 aliphatic rings. The summed E-state index contributed by atoms with van der Waals surface area (Å²) in [7, 11) is 0. The molecule has 20 heavy (non-hydrogen) atoms. The SMILES string of the molecule is Cc1ccc(-c2onc(N)c2-c2ccccn2)cc1F. The predicted octanol–water partition coefficient (Wildman–Crippen LogP) is 3.43. The van der Waals surface area contributed by atoms with Gasteiger partial charge in [0.05, 0.1) is 11.3 Å². The molecule has 2 aromatic heterocycles. The second kappa shape index (κ2) is 4.77. The van der Waals surface area contributed by atoms with E-state index in [-0.39, 0.29) is 11.6 Å². The number of anilines is 1. The van der Waals surface area contributed by atoms with Gasteiger partial charge in [-0.25, -0.2) is 4.39 Å². The standard InChI is InChI=1S/C15H12FN3O/c1-9-5-6-10(8-11(9)16)14-13(15(17)19-20-14)12-4-2-3-7-18-12/h2-8H,1H3,(H2,17,19). The number of nitrogens with zero attached hydrogens (tertiary/aromatic N) is 2. The van der Waals surface area contributed by atoms with Crippen molar-refractivity contribution in [1.29, 1.82) is 0 Å². The molecule has 0 saturated heterocycles. The zero-order chi connectivity index (χ0) is 14.1. The van der Waals surface area contributed by atoms with Crippen LogP contribution < -0.4 is 5.73 Å². The molecule has 0 spiro atoms. The van der Waals surface area contributed by atoms with Gasteiger partial charge in [-0.05, 0) is 30.7 Å². The van der Waals surface area contributed by atoms with E-state index in [1.54, 1.807) is 37.4 Å². The molecular formula is C15H12FN3O. The Labute approximate surface area is 115 Å². The van der Waals surface area contributed by atoms with Crippen LogP contribution in [0.25, 0.3) is 22.6 Å². The zero-order valence-corrected chi connectivity index (χ0v) is 10.8. The number of nitrogens with two attached hydrogens (primary N) is 1. The van der Waals surface area contributed by atoms with E-state index in [2.05, 4.69) is 10.1 Å². The summed E-state index contributed by atoms with van der Waals surface area (Å²) >= 11 is 0. The van der Waals surface area contributed by atoms with Crippen molar-refractivity contribution in [3.05, 3.63) is 54.0 Å². The van der Waals surface area contributed by atoms with Crippen molar-refractivity contribution in [3.8, 4) is 22.6 Å². The molecule has 0 atom stereocenters. The number of hydrogen-bond donors (Lipinski definition) is 1.